The van der Waals surface area contributed by atoms with Gasteiger partial charge in [-0.1, -0.05) is 12.8 Å². The van der Waals surface area contributed by atoms with E-state index in [1.54, 1.807) is 0 Å². The number of hydroxylamine groups is 2. The van der Waals surface area contributed by atoms with Gasteiger partial charge in [-0.3, -0.25) is 9.59 Å². The molecular formula is C17H24N3O4+. The lowest BCUT2D eigenvalue weighted by atomic mass is 9.98. The molecule has 1 saturated heterocycles. The fourth-order valence-electron chi connectivity index (χ4n) is 3.19. The number of carbonyl (C=O) groups is 2. The molecule has 0 spiro atoms. The Morgan fingerprint density at radius 3 is 1.67 bits per heavy atom. The lowest BCUT2D eigenvalue weighted by Crippen LogP contribution is -2.26. The van der Waals surface area contributed by atoms with Gasteiger partial charge in [-0.05, 0) is 56.4 Å². The normalized spacial score (nSPS) is 21.8. The van der Waals surface area contributed by atoms with E-state index in [-0.39, 0.29) is 18.9 Å². The van der Waals surface area contributed by atoms with Gasteiger partial charge in [0, 0.05) is 29.3 Å². The minimum absolute atomic E-state index is 0.108. The minimum atomic E-state index is -0.394. The molecule has 130 valence electrons. The molecule has 0 radical (unpaired) electrons. The maximum atomic E-state index is 11.6. The molecule has 3 rings (SSSR count). The van der Waals surface area contributed by atoms with Crippen molar-refractivity contribution >= 4 is 29.3 Å². The average Bonchev–Trinajstić information content (AvgIpc) is 2.93. The monoisotopic (exact) mass is 334 g/mol. The van der Waals surface area contributed by atoms with Crippen LogP contribution in [0.5, 0.6) is 0 Å². The van der Waals surface area contributed by atoms with Gasteiger partial charge in [0.1, 0.15) is 4.58 Å². The van der Waals surface area contributed by atoms with Crippen molar-refractivity contribution in [3.63, 3.8) is 0 Å². The number of carbonyl (C=O) groups excluding carboxylic acids is 3. The Morgan fingerprint density at radius 1 is 0.750 bits per heavy atom. The highest BCUT2D eigenvalue weighted by Gasteiger charge is 2.36. The van der Waals surface area contributed by atoms with E-state index < -0.39 is 11.8 Å². The van der Waals surface area contributed by atoms with Crippen molar-refractivity contribution in [2.75, 3.05) is 0 Å². The van der Waals surface area contributed by atoms with Gasteiger partial charge in [-0.2, -0.15) is 0 Å². The molecule has 2 saturated carbocycles. The predicted molar refractivity (Wildman–Crippen MR) is 88.6 cm³/mol. The van der Waals surface area contributed by atoms with E-state index in [9.17, 15) is 9.59 Å². The maximum Gasteiger partial charge on any atom is 0.640 e. The van der Waals surface area contributed by atoms with Gasteiger partial charge in [0.25, 0.3) is 11.8 Å². The van der Waals surface area contributed by atoms with Crippen LogP contribution in [0, 0.1) is 0 Å². The van der Waals surface area contributed by atoms with Crippen molar-refractivity contribution in [3.8, 4) is 0 Å². The number of nitrogens with zero attached hydrogens (tertiary/aromatic N) is 3. The third-order valence-corrected chi connectivity index (χ3v) is 4.56. The molecule has 0 aromatic carbocycles. The molecule has 0 atom stereocenters. The molecule has 0 aromatic heterocycles. The van der Waals surface area contributed by atoms with Crippen LogP contribution in [0.2, 0.25) is 0 Å². The van der Waals surface area contributed by atoms with Gasteiger partial charge in [-0.15, -0.1) is 9.98 Å². The molecule has 3 aliphatic rings. The first-order valence-corrected chi connectivity index (χ1v) is 8.92. The third kappa shape index (κ3) is 4.49. The number of imide groups is 1. The second-order valence-electron chi connectivity index (χ2n) is 6.50. The summed E-state index contributed by atoms with van der Waals surface area (Å²) in [7, 11) is 0. The van der Waals surface area contributed by atoms with E-state index in [4.69, 9.17) is 9.56 Å². The summed E-state index contributed by atoms with van der Waals surface area (Å²) in [5.41, 5.74) is 2.08. The van der Waals surface area contributed by atoms with Gasteiger partial charge < -0.3 is 0 Å². The topological polar surface area (TPSA) is 82.6 Å². The Hall–Kier alpha value is -2.05. The van der Waals surface area contributed by atoms with Gasteiger partial charge >= 0.3 is 6.03 Å². The first kappa shape index (κ1) is 16.8. The summed E-state index contributed by atoms with van der Waals surface area (Å²) in [5, 5.41) is 0.669. The third-order valence-electron chi connectivity index (χ3n) is 4.56. The quantitative estimate of drug-likeness (QED) is 0.335. The summed E-state index contributed by atoms with van der Waals surface area (Å²) in [4.78, 5) is 37.1. The van der Waals surface area contributed by atoms with Crippen LogP contribution in [0.25, 0.3) is 0 Å². The Kier molecular flexibility index (Phi) is 5.72. The molecule has 7 nitrogen and oxygen atoms in total. The van der Waals surface area contributed by atoms with Crippen molar-refractivity contribution in [3.05, 3.63) is 0 Å². The van der Waals surface area contributed by atoms with E-state index in [0.29, 0.717) is 5.06 Å². The highest BCUT2D eigenvalue weighted by molar-refractivity contribution is 6.02. The Balaban J connectivity index is 1.76. The van der Waals surface area contributed by atoms with Crippen molar-refractivity contribution in [2.24, 2.45) is 9.98 Å². The van der Waals surface area contributed by atoms with Crippen LogP contribution in [-0.2, 0) is 14.6 Å². The van der Waals surface area contributed by atoms with Crippen LogP contribution in [0.15, 0.2) is 9.98 Å². The van der Waals surface area contributed by atoms with Crippen LogP contribution in [0.1, 0.15) is 77.0 Å². The van der Waals surface area contributed by atoms with E-state index in [2.05, 4.69) is 9.98 Å². The summed E-state index contributed by atoms with van der Waals surface area (Å²) in [6.07, 6.45) is 10.9. The smallest absolute Gasteiger partial charge is 0.271 e. The van der Waals surface area contributed by atoms with Crippen LogP contribution in [0.4, 0.5) is 4.58 Å². The van der Waals surface area contributed by atoms with Gasteiger partial charge in [0.05, 0.1) is 0 Å². The highest BCUT2D eigenvalue weighted by Crippen LogP contribution is 2.19. The van der Waals surface area contributed by atoms with Crippen molar-refractivity contribution < 1.29 is 19.2 Å². The van der Waals surface area contributed by atoms with Crippen LogP contribution in [0.3, 0.4) is 0 Å². The summed E-state index contributed by atoms with van der Waals surface area (Å²) >= 11 is 0. The summed E-state index contributed by atoms with van der Waals surface area (Å²) < 4.78 is 5.20. The van der Waals surface area contributed by atoms with Crippen LogP contribution >= 0.6 is 0 Å². The largest absolute Gasteiger partial charge is 0.640 e. The lowest BCUT2D eigenvalue weighted by molar-refractivity contribution is -0.578. The van der Waals surface area contributed by atoms with Crippen molar-refractivity contribution in [2.45, 2.75) is 77.0 Å². The fourth-order valence-corrected chi connectivity index (χ4v) is 3.19. The first-order valence-electron chi connectivity index (χ1n) is 8.92. The summed E-state index contributed by atoms with van der Waals surface area (Å²) in [6.45, 7) is 0. The number of rotatable bonds is 2. The van der Waals surface area contributed by atoms with E-state index in [1.807, 2.05) is 0 Å². The summed E-state index contributed by atoms with van der Waals surface area (Å²) in [6, 6.07) is 0.108. The second-order valence-corrected chi connectivity index (χ2v) is 6.50. The molecule has 1 aliphatic heterocycles. The number of hydrogen-bond donors (Lipinski definition) is 0. The predicted octanol–water partition coefficient (Wildman–Crippen LogP) is 3.45. The Labute approximate surface area is 141 Å². The zero-order chi connectivity index (χ0) is 16.8. The standard InChI is InChI=1S/C17H24N3O4/c21-15-11-12-16(22)20(15)24-23-17(18-13-7-3-1-4-8-13)19-14-9-5-2-6-10-14/h1-12H2/q+1. The fraction of sp³-hybridized carbons (Fsp3) is 0.706. The van der Waals surface area contributed by atoms with Crippen LogP contribution < -0.4 is 0 Å². The van der Waals surface area contributed by atoms with Crippen LogP contribution in [-0.4, -0.2) is 34.3 Å². The molecule has 2 aliphatic carbocycles. The minimum Gasteiger partial charge on any atom is -0.271 e. The molecule has 0 unspecified atom stereocenters. The number of amides is 4. The molecule has 7 heteroatoms. The number of urea groups is 1. The lowest BCUT2D eigenvalue weighted by Gasteiger charge is -2.11. The average molecular weight is 334 g/mol. The molecule has 0 N–H and O–H groups in total. The van der Waals surface area contributed by atoms with E-state index in [0.717, 1.165) is 62.8 Å². The van der Waals surface area contributed by atoms with E-state index >= 15 is 0 Å². The van der Waals surface area contributed by atoms with Crippen molar-refractivity contribution in [1.82, 2.24) is 5.06 Å². The molecule has 24 heavy (non-hydrogen) atoms. The van der Waals surface area contributed by atoms with E-state index in [1.165, 1.54) is 12.8 Å². The molecule has 0 bridgehead atoms. The second kappa shape index (κ2) is 8.17. The Bertz CT molecular complexity index is 533. The highest BCUT2D eigenvalue weighted by atomic mass is 17.2. The first-order chi connectivity index (χ1) is 11.7. The molecule has 1 heterocycles. The molecule has 0 aromatic rings. The van der Waals surface area contributed by atoms with Crippen molar-refractivity contribution in [1.29, 1.82) is 0 Å². The SMILES string of the molecule is O=C1CCC(=O)N1O[O+]=C(N=C1CCCCC1)N=C1CCCCC1. The van der Waals surface area contributed by atoms with Gasteiger partial charge in [0.15, 0.2) is 0 Å². The van der Waals surface area contributed by atoms with Gasteiger partial charge in [-0.25, -0.2) is 0 Å². The van der Waals surface area contributed by atoms with Gasteiger partial charge in [0.2, 0.25) is 0 Å². The number of hydrogen-bond acceptors (Lipinski definition) is 3. The summed E-state index contributed by atoms with van der Waals surface area (Å²) in [5.74, 6) is -0.787. The Morgan fingerprint density at radius 2 is 1.21 bits per heavy atom. The molecular weight excluding hydrogens is 310 g/mol. The number of aliphatic imine (C=N–C) groups is 2. The zero-order valence-corrected chi connectivity index (χ0v) is 14.0. The zero-order valence-electron chi connectivity index (χ0n) is 14.0. The molecule has 4 amide bonds. The maximum absolute atomic E-state index is 11.6. The molecule has 3 fully saturated rings.